The Hall–Kier alpha value is -4.43. The number of rotatable bonds is 9. The molecule has 13 heteroatoms. The molecule has 2 unspecified atom stereocenters. The van der Waals surface area contributed by atoms with E-state index >= 15 is 4.39 Å². The monoisotopic (exact) mass is 864 g/mol. The number of amides is 1. The normalized spacial score (nSPS) is 16.8. The van der Waals surface area contributed by atoms with Crippen molar-refractivity contribution in [3.63, 3.8) is 0 Å². The molecule has 5 aromatic rings. The second-order valence-electron chi connectivity index (χ2n) is 14.9. The molecule has 54 heavy (non-hydrogen) atoms. The highest BCUT2D eigenvalue weighted by Crippen LogP contribution is 2.40. The lowest BCUT2D eigenvalue weighted by molar-refractivity contribution is 0.0122. The van der Waals surface area contributed by atoms with E-state index in [0.717, 1.165) is 50.4 Å². The number of ether oxygens (including phenoxy) is 3. The molecule has 2 aliphatic rings. The highest BCUT2D eigenvalue weighted by atomic mass is 127. The summed E-state index contributed by atoms with van der Waals surface area (Å²) in [4.78, 5) is 33.0. The van der Waals surface area contributed by atoms with Crippen molar-refractivity contribution in [1.82, 2.24) is 19.9 Å². The van der Waals surface area contributed by atoms with Crippen LogP contribution in [0.5, 0.6) is 11.5 Å². The zero-order valence-electron chi connectivity index (χ0n) is 31.2. The molecule has 2 aliphatic heterocycles. The van der Waals surface area contributed by atoms with Gasteiger partial charge in [0.25, 0.3) is 0 Å². The number of carbonyl (C=O) groups is 1. The van der Waals surface area contributed by atoms with Crippen molar-refractivity contribution in [2.75, 3.05) is 37.1 Å². The maximum Gasteiger partial charge on any atom is 0.410 e. The summed E-state index contributed by atoms with van der Waals surface area (Å²) < 4.78 is 32.7. The van der Waals surface area contributed by atoms with Crippen molar-refractivity contribution >= 4 is 62.8 Å². The van der Waals surface area contributed by atoms with Gasteiger partial charge in [0.05, 0.1) is 42.5 Å². The number of anilines is 2. The molecule has 2 fully saturated rings. The number of halogens is 3. The zero-order chi connectivity index (χ0) is 38.3. The quantitative estimate of drug-likeness (QED) is 0.106. The van der Waals surface area contributed by atoms with E-state index in [-0.39, 0.29) is 18.2 Å². The Morgan fingerprint density at radius 2 is 1.48 bits per heavy atom. The number of methoxy groups -OCH3 is 2. The molecule has 282 valence electrons. The smallest absolute Gasteiger partial charge is 0.410 e. The second kappa shape index (κ2) is 15.4. The van der Waals surface area contributed by atoms with Gasteiger partial charge in [0.2, 0.25) is 0 Å². The first kappa shape index (κ1) is 37.9. The van der Waals surface area contributed by atoms with Crippen molar-refractivity contribution in [3.8, 4) is 22.8 Å². The predicted molar refractivity (Wildman–Crippen MR) is 218 cm³/mol. The average Bonchev–Trinajstić information content (AvgIpc) is 3.41. The Kier molecular flexibility index (Phi) is 10.8. The van der Waals surface area contributed by atoms with Crippen molar-refractivity contribution in [2.24, 2.45) is 0 Å². The van der Waals surface area contributed by atoms with E-state index in [1.54, 1.807) is 14.2 Å². The lowest BCUT2D eigenvalue weighted by Gasteiger charge is -2.42. The van der Waals surface area contributed by atoms with Crippen molar-refractivity contribution in [2.45, 2.75) is 71.3 Å². The first-order valence-electron chi connectivity index (χ1n) is 17.9. The zero-order valence-corrected chi connectivity index (χ0v) is 34.1. The summed E-state index contributed by atoms with van der Waals surface area (Å²) in [6.07, 6.45) is 0.535. The third-order valence-electron chi connectivity index (χ3n) is 9.89. The first-order valence-corrected chi connectivity index (χ1v) is 19.4. The van der Waals surface area contributed by atoms with Gasteiger partial charge in [-0.1, -0.05) is 35.9 Å². The number of hydrogen-bond donors (Lipinski definition) is 0. The number of carbonyl (C=O) groups excluding carboxylic acids is 1. The molecule has 1 amide bonds. The van der Waals surface area contributed by atoms with Crippen LogP contribution in [0.4, 0.5) is 20.8 Å². The van der Waals surface area contributed by atoms with E-state index in [4.69, 9.17) is 30.8 Å². The summed E-state index contributed by atoms with van der Waals surface area (Å²) in [6, 6.07) is 21.6. The van der Waals surface area contributed by atoms with Gasteiger partial charge >= 0.3 is 12.2 Å². The largest absolute Gasteiger partial charge is 0.497 e. The van der Waals surface area contributed by atoms with Crippen LogP contribution in [0.25, 0.3) is 22.2 Å². The first-order chi connectivity index (χ1) is 25.8. The van der Waals surface area contributed by atoms with Gasteiger partial charge in [-0.05, 0) is 122 Å². The van der Waals surface area contributed by atoms with Crippen molar-refractivity contribution in [1.29, 1.82) is 0 Å². The van der Waals surface area contributed by atoms with Gasteiger partial charge in [-0.3, -0.25) is 4.90 Å². The Labute approximate surface area is 333 Å². The van der Waals surface area contributed by atoms with E-state index < -0.39 is 11.7 Å². The molecule has 0 N–H and O–H groups in total. The van der Waals surface area contributed by atoms with Crippen molar-refractivity contribution in [3.05, 3.63) is 98.1 Å². The van der Waals surface area contributed by atoms with E-state index in [9.17, 15) is 4.79 Å². The molecule has 0 aliphatic carbocycles. The Morgan fingerprint density at radius 1 is 0.907 bits per heavy atom. The molecule has 2 bridgehead atoms. The predicted octanol–water partition coefficient (Wildman–Crippen LogP) is 9.21. The minimum absolute atomic E-state index is 0.0725. The minimum atomic E-state index is -0.828. The molecule has 2 atom stereocenters. The summed E-state index contributed by atoms with van der Waals surface area (Å²) in [5, 5.41) is 1.09. The number of aryl methyl sites for hydroxylation is 1. The van der Waals surface area contributed by atoms with Crippen LogP contribution >= 0.6 is 34.2 Å². The Morgan fingerprint density at radius 3 is 2.02 bits per heavy atom. The SMILES string of the molecule is COc1ccc(CN(Cc2ccc(OC)cc2)c2cc(C)c(I)c(-c3cc4nc(F)nc(N5CC6CCC(C5)N6C(=O)OC(C)(C)C)c4cc3Cl)n2)cc1. The van der Waals surface area contributed by atoms with Gasteiger partial charge in [-0.15, -0.1) is 0 Å². The van der Waals surface area contributed by atoms with Gasteiger partial charge in [-0.25, -0.2) is 14.8 Å². The van der Waals surface area contributed by atoms with Gasteiger partial charge < -0.3 is 24.0 Å². The van der Waals surface area contributed by atoms with Crippen LogP contribution in [0.2, 0.25) is 5.02 Å². The van der Waals surface area contributed by atoms with Crippen LogP contribution in [-0.2, 0) is 17.8 Å². The molecule has 3 aromatic carbocycles. The highest BCUT2D eigenvalue weighted by molar-refractivity contribution is 14.1. The van der Waals surface area contributed by atoms with Crippen LogP contribution < -0.4 is 19.3 Å². The van der Waals surface area contributed by atoms with E-state index in [2.05, 4.69) is 79.6 Å². The standard InChI is InChI=1S/C41H43ClFIN6O4/c1-24-17-35(48(20-25-7-13-29(52-5)14-8-25)21-26-9-15-30(53-6)16-10-26)46-37(36(24)44)31-19-34-32(18-33(31)42)38(47-39(43)45-34)49-22-27-11-12-28(23-49)50(27)40(51)54-41(2,3)4/h7-10,13-19,27-28H,11-12,20-23H2,1-6H3. The number of hydrogen-bond acceptors (Lipinski definition) is 9. The molecule has 2 saturated heterocycles. The number of nitrogens with zero attached hydrogens (tertiary/aromatic N) is 6. The number of fused-ring (bicyclic) bond motifs is 3. The number of pyridine rings is 1. The summed E-state index contributed by atoms with van der Waals surface area (Å²) in [5.41, 5.74) is 4.36. The second-order valence-corrected chi connectivity index (χ2v) is 16.3. The lowest BCUT2D eigenvalue weighted by Crippen LogP contribution is -2.57. The van der Waals surface area contributed by atoms with E-state index in [1.165, 1.54) is 0 Å². The molecule has 10 nitrogen and oxygen atoms in total. The fourth-order valence-electron chi connectivity index (χ4n) is 7.32. The fourth-order valence-corrected chi connectivity index (χ4v) is 8.14. The molecule has 0 radical (unpaired) electrons. The van der Waals surface area contributed by atoms with Crippen LogP contribution in [0, 0.1) is 16.6 Å². The third-order valence-corrected chi connectivity index (χ3v) is 11.6. The van der Waals surface area contributed by atoms with Gasteiger partial charge in [-0.2, -0.15) is 9.37 Å². The topological polar surface area (TPSA) is 93.2 Å². The molecular formula is C41H43ClFIN6O4. The Bertz CT molecular complexity index is 2120. The molecule has 2 aromatic heterocycles. The summed E-state index contributed by atoms with van der Waals surface area (Å²) in [6.45, 7) is 9.82. The van der Waals surface area contributed by atoms with Crippen LogP contribution in [-0.4, -0.2) is 70.9 Å². The van der Waals surface area contributed by atoms with E-state index in [1.807, 2.05) is 62.1 Å². The van der Waals surface area contributed by atoms with Crippen LogP contribution in [0.1, 0.15) is 50.3 Å². The summed E-state index contributed by atoms with van der Waals surface area (Å²) in [7, 11) is 3.31. The summed E-state index contributed by atoms with van der Waals surface area (Å²) >= 11 is 9.44. The third kappa shape index (κ3) is 8.00. The van der Waals surface area contributed by atoms with Crippen LogP contribution in [0.3, 0.4) is 0 Å². The number of piperazine rings is 1. The minimum Gasteiger partial charge on any atom is -0.497 e. The number of aromatic nitrogens is 3. The maximum absolute atomic E-state index is 15.3. The van der Waals surface area contributed by atoms with Gasteiger partial charge in [0.1, 0.15) is 28.7 Å². The van der Waals surface area contributed by atoms with Gasteiger partial charge in [0, 0.05) is 40.7 Å². The molecule has 7 rings (SSSR count). The average molecular weight is 865 g/mol. The maximum atomic E-state index is 15.3. The molecule has 0 saturated carbocycles. The van der Waals surface area contributed by atoms with Crippen LogP contribution in [0.15, 0.2) is 66.7 Å². The highest BCUT2D eigenvalue weighted by Gasteiger charge is 2.45. The molecular weight excluding hydrogens is 822 g/mol. The van der Waals surface area contributed by atoms with E-state index in [0.29, 0.717) is 59.2 Å². The van der Waals surface area contributed by atoms with Gasteiger partial charge in [0.15, 0.2) is 0 Å². The van der Waals surface area contributed by atoms with Crippen molar-refractivity contribution < 1.29 is 23.4 Å². The molecule has 0 spiro atoms. The summed E-state index contributed by atoms with van der Waals surface area (Å²) in [5.74, 6) is 2.80. The number of benzene rings is 3. The molecule has 4 heterocycles. The lowest BCUT2D eigenvalue weighted by atomic mass is 10.1. The Balaban J connectivity index is 1.24. The fraction of sp³-hybridized carbons (Fsp3) is 0.366.